The van der Waals surface area contributed by atoms with Gasteiger partial charge < -0.3 is 20.6 Å². The first-order valence-corrected chi connectivity index (χ1v) is 6.41. The average Bonchev–Trinajstić information content (AvgIpc) is 2.28. The molecule has 0 saturated heterocycles. The number of hydrogen-bond donors (Lipinski definition) is 2. The van der Waals surface area contributed by atoms with E-state index in [4.69, 9.17) is 10.8 Å². The van der Waals surface area contributed by atoms with Gasteiger partial charge in [0.25, 0.3) is 0 Å². The third kappa shape index (κ3) is 3.86. The van der Waals surface area contributed by atoms with Gasteiger partial charge in [0.05, 0.1) is 5.56 Å². The van der Waals surface area contributed by atoms with Crippen molar-refractivity contribution in [3.05, 3.63) is 23.8 Å². The van der Waals surface area contributed by atoms with E-state index < -0.39 is 5.97 Å². The Balaban J connectivity index is 2.99. The quantitative estimate of drug-likeness (QED) is 0.767. The van der Waals surface area contributed by atoms with Crippen LogP contribution >= 0.6 is 0 Å². The van der Waals surface area contributed by atoms with E-state index in [0.717, 1.165) is 18.8 Å². The van der Waals surface area contributed by atoms with Crippen LogP contribution in [0.2, 0.25) is 0 Å². The fraction of sp³-hybridized carbons (Fsp3) is 0.500. The molecule has 5 heteroatoms. The van der Waals surface area contributed by atoms with Gasteiger partial charge in [0.1, 0.15) is 0 Å². The normalized spacial score (nSPS) is 12.5. The van der Waals surface area contributed by atoms with Crippen molar-refractivity contribution in [3.63, 3.8) is 0 Å². The highest BCUT2D eigenvalue weighted by Crippen LogP contribution is 2.23. The Morgan fingerprint density at radius 1 is 1.42 bits per heavy atom. The van der Waals surface area contributed by atoms with E-state index in [1.165, 1.54) is 0 Å². The highest BCUT2D eigenvalue weighted by Gasteiger charge is 2.16. The minimum Gasteiger partial charge on any atom is -0.478 e. The molecule has 0 saturated carbocycles. The molecule has 106 valence electrons. The number of carbonyl (C=O) groups is 1. The molecule has 19 heavy (non-hydrogen) atoms. The molecule has 1 atom stereocenters. The molecular formula is C14H23N3O2. The van der Waals surface area contributed by atoms with E-state index in [0.29, 0.717) is 11.7 Å². The Morgan fingerprint density at radius 2 is 2.05 bits per heavy atom. The number of rotatable bonds is 6. The Kier molecular flexibility index (Phi) is 5.18. The molecule has 0 aromatic heterocycles. The zero-order chi connectivity index (χ0) is 14.6. The lowest BCUT2D eigenvalue weighted by Crippen LogP contribution is -2.40. The van der Waals surface area contributed by atoms with Crippen LogP contribution < -0.4 is 10.6 Å². The molecule has 0 spiro atoms. The second kappa shape index (κ2) is 6.43. The molecule has 0 aliphatic rings. The van der Waals surface area contributed by atoms with Crippen molar-refractivity contribution in [1.82, 2.24) is 4.90 Å². The Hall–Kier alpha value is -1.75. The highest BCUT2D eigenvalue weighted by molar-refractivity contribution is 5.94. The number of nitrogens with zero attached hydrogens (tertiary/aromatic N) is 2. The minimum atomic E-state index is -0.992. The topological polar surface area (TPSA) is 69.8 Å². The third-order valence-electron chi connectivity index (χ3n) is 3.10. The Morgan fingerprint density at radius 3 is 2.47 bits per heavy atom. The minimum absolute atomic E-state index is 0.153. The monoisotopic (exact) mass is 265 g/mol. The summed E-state index contributed by atoms with van der Waals surface area (Å²) < 4.78 is 0. The average molecular weight is 265 g/mol. The van der Waals surface area contributed by atoms with E-state index in [1.54, 1.807) is 12.1 Å². The molecule has 0 aliphatic heterocycles. The predicted octanol–water partition coefficient (Wildman–Crippen LogP) is 1.74. The molecule has 0 aliphatic carbocycles. The second-order valence-corrected chi connectivity index (χ2v) is 4.97. The number of nitrogen functional groups attached to an aromatic ring is 1. The maximum Gasteiger partial charge on any atom is 0.337 e. The molecule has 0 heterocycles. The first-order chi connectivity index (χ1) is 8.86. The number of aromatic carboxylic acids is 1. The van der Waals surface area contributed by atoms with E-state index in [-0.39, 0.29) is 5.56 Å². The molecule has 3 N–H and O–H groups in total. The van der Waals surface area contributed by atoms with Gasteiger partial charge >= 0.3 is 5.97 Å². The molecule has 0 bridgehead atoms. The third-order valence-corrected chi connectivity index (χ3v) is 3.10. The standard InChI is InChI=1S/C14H23N3O2/c1-5-17(10(2)9-16(3)4)11-6-7-12(14(18)19)13(15)8-11/h6-8,10H,5,9,15H2,1-4H3,(H,18,19). The van der Waals surface area contributed by atoms with Gasteiger partial charge in [0.15, 0.2) is 0 Å². The van der Waals surface area contributed by atoms with Crippen LogP contribution in [0.5, 0.6) is 0 Å². The first kappa shape index (κ1) is 15.3. The molecule has 0 amide bonds. The van der Waals surface area contributed by atoms with Gasteiger partial charge in [-0.3, -0.25) is 0 Å². The fourth-order valence-corrected chi connectivity index (χ4v) is 2.30. The fourth-order valence-electron chi connectivity index (χ4n) is 2.30. The van der Waals surface area contributed by atoms with Crippen LogP contribution in [-0.4, -0.2) is 49.2 Å². The number of likely N-dealkylation sites (N-methyl/N-ethyl adjacent to an activating group) is 2. The Bertz CT molecular complexity index is 446. The van der Waals surface area contributed by atoms with Crippen LogP contribution in [0.1, 0.15) is 24.2 Å². The van der Waals surface area contributed by atoms with Crippen molar-refractivity contribution in [2.24, 2.45) is 0 Å². The van der Waals surface area contributed by atoms with Crippen molar-refractivity contribution in [3.8, 4) is 0 Å². The molecule has 0 radical (unpaired) electrons. The maximum atomic E-state index is 11.0. The lowest BCUT2D eigenvalue weighted by atomic mass is 10.1. The summed E-state index contributed by atoms with van der Waals surface area (Å²) in [7, 11) is 4.07. The summed E-state index contributed by atoms with van der Waals surface area (Å²) in [5.74, 6) is -0.992. The van der Waals surface area contributed by atoms with Crippen LogP contribution in [0.25, 0.3) is 0 Å². The number of carboxylic acids is 1. The number of nitrogens with two attached hydrogens (primary N) is 1. The van der Waals surface area contributed by atoms with Gasteiger partial charge in [-0.15, -0.1) is 0 Å². The maximum absolute atomic E-state index is 11.0. The first-order valence-electron chi connectivity index (χ1n) is 6.41. The molecule has 0 fully saturated rings. The smallest absolute Gasteiger partial charge is 0.337 e. The second-order valence-electron chi connectivity index (χ2n) is 4.97. The highest BCUT2D eigenvalue weighted by atomic mass is 16.4. The van der Waals surface area contributed by atoms with Gasteiger partial charge in [0.2, 0.25) is 0 Å². The van der Waals surface area contributed by atoms with Crippen LogP contribution in [0, 0.1) is 0 Å². The Labute approximate surface area is 114 Å². The van der Waals surface area contributed by atoms with Crippen molar-refractivity contribution < 1.29 is 9.90 Å². The van der Waals surface area contributed by atoms with Crippen molar-refractivity contribution in [2.75, 3.05) is 37.8 Å². The van der Waals surface area contributed by atoms with E-state index >= 15 is 0 Å². The van der Waals surface area contributed by atoms with Gasteiger partial charge in [0, 0.05) is 30.5 Å². The summed E-state index contributed by atoms with van der Waals surface area (Å²) >= 11 is 0. The lowest BCUT2D eigenvalue weighted by molar-refractivity contribution is 0.0698. The number of carboxylic acid groups (broad SMARTS) is 1. The zero-order valence-corrected chi connectivity index (χ0v) is 12.1. The summed E-state index contributed by atoms with van der Waals surface area (Å²) in [6, 6.07) is 5.45. The molecule has 5 nitrogen and oxygen atoms in total. The van der Waals surface area contributed by atoms with Gasteiger partial charge in [-0.05, 0) is 46.1 Å². The van der Waals surface area contributed by atoms with Gasteiger partial charge in [-0.1, -0.05) is 0 Å². The summed E-state index contributed by atoms with van der Waals surface area (Å²) in [5.41, 5.74) is 7.21. The van der Waals surface area contributed by atoms with Crippen molar-refractivity contribution in [1.29, 1.82) is 0 Å². The van der Waals surface area contributed by atoms with Crippen LogP contribution in [-0.2, 0) is 0 Å². The number of benzene rings is 1. The van der Waals surface area contributed by atoms with Gasteiger partial charge in [-0.2, -0.15) is 0 Å². The van der Waals surface area contributed by atoms with Gasteiger partial charge in [-0.25, -0.2) is 4.79 Å². The summed E-state index contributed by atoms with van der Waals surface area (Å²) in [5, 5.41) is 8.98. The predicted molar refractivity (Wildman–Crippen MR) is 78.8 cm³/mol. The summed E-state index contributed by atoms with van der Waals surface area (Å²) in [4.78, 5) is 15.3. The number of anilines is 2. The molecular weight excluding hydrogens is 242 g/mol. The van der Waals surface area contributed by atoms with Crippen LogP contribution in [0.3, 0.4) is 0 Å². The van der Waals surface area contributed by atoms with Crippen LogP contribution in [0.15, 0.2) is 18.2 Å². The van der Waals surface area contributed by atoms with E-state index in [9.17, 15) is 4.79 Å². The zero-order valence-electron chi connectivity index (χ0n) is 12.1. The summed E-state index contributed by atoms with van der Waals surface area (Å²) in [6.45, 7) is 5.99. The number of hydrogen-bond acceptors (Lipinski definition) is 4. The van der Waals surface area contributed by atoms with Crippen LogP contribution in [0.4, 0.5) is 11.4 Å². The SMILES string of the molecule is CCN(c1ccc(C(=O)O)c(N)c1)C(C)CN(C)C. The molecule has 1 aromatic rings. The molecule has 1 unspecified atom stereocenters. The summed E-state index contributed by atoms with van der Waals surface area (Å²) in [6.07, 6.45) is 0. The molecule has 1 aromatic carbocycles. The lowest BCUT2D eigenvalue weighted by Gasteiger charge is -2.32. The van der Waals surface area contributed by atoms with E-state index in [2.05, 4.69) is 23.6 Å². The van der Waals surface area contributed by atoms with Crippen molar-refractivity contribution in [2.45, 2.75) is 19.9 Å². The molecule has 1 rings (SSSR count). The van der Waals surface area contributed by atoms with Crippen molar-refractivity contribution >= 4 is 17.3 Å². The largest absolute Gasteiger partial charge is 0.478 e. The van der Waals surface area contributed by atoms with E-state index in [1.807, 2.05) is 20.2 Å².